The third-order valence-corrected chi connectivity index (χ3v) is 5.02. The average Bonchev–Trinajstić information content (AvgIpc) is 3.02. The molecule has 0 unspecified atom stereocenters. The molecule has 3 rings (SSSR count). The number of carbonyl (C=O) groups excluding carboxylic acids is 2. The zero-order valence-corrected chi connectivity index (χ0v) is 14.0. The molecule has 0 atom stereocenters. The van der Waals surface area contributed by atoms with Gasteiger partial charge in [-0.2, -0.15) is 0 Å². The summed E-state index contributed by atoms with van der Waals surface area (Å²) in [6.45, 7) is 1.43. The maximum absolute atomic E-state index is 13.3. The molecule has 1 aliphatic rings. The fraction of sp³-hybridized carbons (Fsp3) is 0.250. The molecule has 0 aliphatic carbocycles. The van der Waals surface area contributed by atoms with Gasteiger partial charge in [-0.15, -0.1) is 11.3 Å². The van der Waals surface area contributed by atoms with Crippen LogP contribution in [0.4, 0.5) is 8.78 Å². The first-order valence-corrected chi connectivity index (χ1v) is 8.44. The van der Waals surface area contributed by atoms with E-state index in [0.29, 0.717) is 35.4 Å². The van der Waals surface area contributed by atoms with Gasteiger partial charge >= 0.3 is 0 Å². The number of halogens is 3. The first-order valence-electron chi connectivity index (χ1n) is 7.24. The number of benzene rings is 1. The number of piperazine rings is 1. The Bertz CT molecular complexity index is 788. The number of rotatable bonds is 2. The molecule has 0 saturated carbocycles. The average molecular weight is 371 g/mol. The van der Waals surface area contributed by atoms with Gasteiger partial charge < -0.3 is 9.80 Å². The molecule has 2 amide bonds. The van der Waals surface area contributed by atoms with Gasteiger partial charge in [0.1, 0.15) is 0 Å². The van der Waals surface area contributed by atoms with Crippen LogP contribution in [-0.2, 0) is 0 Å². The van der Waals surface area contributed by atoms with E-state index in [1.165, 1.54) is 22.3 Å². The van der Waals surface area contributed by atoms with Gasteiger partial charge in [-0.25, -0.2) is 8.78 Å². The van der Waals surface area contributed by atoms with E-state index >= 15 is 0 Å². The standard InChI is InChI=1S/C16H13ClF2N2O2S/c17-14-4-3-13(24-14)16(23)21-7-5-20(6-8-21)15(22)10-1-2-11(18)12(19)9-10/h1-4,9H,5-8H2. The van der Waals surface area contributed by atoms with Crippen LogP contribution in [0.2, 0.25) is 4.34 Å². The Morgan fingerprint density at radius 3 is 2.08 bits per heavy atom. The van der Waals surface area contributed by atoms with Crippen LogP contribution < -0.4 is 0 Å². The smallest absolute Gasteiger partial charge is 0.264 e. The Morgan fingerprint density at radius 2 is 1.54 bits per heavy atom. The summed E-state index contributed by atoms with van der Waals surface area (Å²) in [6.07, 6.45) is 0. The monoisotopic (exact) mass is 370 g/mol. The summed E-state index contributed by atoms with van der Waals surface area (Å²) in [5, 5.41) is 0. The van der Waals surface area contributed by atoms with Crippen LogP contribution in [-0.4, -0.2) is 47.8 Å². The van der Waals surface area contributed by atoms with Crippen molar-refractivity contribution in [2.75, 3.05) is 26.2 Å². The van der Waals surface area contributed by atoms with Crippen LogP contribution in [0.15, 0.2) is 30.3 Å². The van der Waals surface area contributed by atoms with Gasteiger partial charge in [0.05, 0.1) is 9.21 Å². The normalized spacial score (nSPS) is 14.8. The van der Waals surface area contributed by atoms with Crippen molar-refractivity contribution < 1.29 is 18.4 Å². The topological polar surface area (TPSA) is 40.6 Å². The highest BCUT2D eigenvalue weighted by Gasteiger charge is 2.26. The second kappa shape index (κ2) is 6.86. The van der Waals surface area contributed by atoms with Crippen molar-refractivity contribution in [2.24, 2.45) is 0 Å². The number of hydrogen-bond donors (Lipinski definition) is 0. The Balaban J connectivity index is 1.63. The summed E-state index contributed by atoms with van der Waals surface area (Å²) in [5.74, 6) is -2.53. The largest absolute Gasteiger partial charge is 0.335 e. The molecule has 1 saturated heterocycles. The Hall–Kier alpha value is -1.99. The van der Waals surface area contributed by atoms with Crippen molar-refractivity contribution in [3.63, 3.8) is 0 Å². The number of hydrogen-bond acceptors (Lipinski definition) is 3. The van der Waals surface area contributed by atoms with E-state index in [4.69, 9.17) is 11.6 Å². The second-order valence-electron chi connectivity index (χ2n) is 5.32. The van der Waals surface area contributed by atoms with Gasteiger partial charge in [0, 0.05) is 31.7 Å². The summed E-state index contributed by atoms with van der Waals surface area (Å²) >= 11 is 7.05. The fourth-order valence-electron chi connectivity index (χ4n) is 2.51. The quantitative estimate of drug-likeness (QED) is 0.814. The molecule has 0 bridgehead atoms. The summed E-state index contributed by atoms with van der Waals surface area (Å²) in [5.41, 5.74) is 0.0960. The molecule has 8 heteroatoms. The molecule has 0 N–H and O–H groups in total. The van der Waals surface area contributed by atoms with E-state index in [0.717, 1.165) is 12.1 Å². The van der Waals surface area contributed by atoms with Crippen molar-refractivity contribution in [3.8, 4) is 0 Å². The molecule has 1 aromatic carbocycles. The van der Waals surface area contributed by atoms with Gasteiger partial charge in [0.25, 0.3) is 11.8 Å². The van der Waals surface area contributed by atoms with Crippen molar-refractivity contribution in [2.45, 2.75) is 0 Å². The van der Waals surface area contributed by atoms with Crippen LogP contribution in [0.1, 0.15) is 20.0 Å². The minimum absolute atomic E-state index is 0.0960. The van der Waals surface area contributed by atoms with E-state index in [1.807, 2.05) is 0 Å². The van der Waals surface area contributed by atoms with Gasteiger partial charge in [0.15, 0.2) is 11.6 Å². The maximum atomic E-state index is 13.3. The Kier molecular flexibility index (Phi) is 4.82. The highest BCUT2D eigenvalue weighted by atomic mass is 35.5. The zero-order chi connectivity index (χ0) is 17.3. The van der Waals surface area contributed by atoms with Crippen LogP contribution in [0.3, 0.4) is 0 Å². The first-order chi connectivity index (χ1) is 11.5. The predicted octanol–water partition coefficient (Wildman–Crippen LogP) is 3.28. The second-order valence-corrected chi connectivity index (χ2v) is 7.03. The molecule has 1 aromatic heterocycles. The zero-order valence-electron chi connectivity index (χ0n) is 12.5. The van der Waals surface area contributed by atoms with Gasteiger partial charge in [0.2, 0.25) is 0 Å². The summed E-state index contributed by atoms with van der Waals surface area (Å²) in [7, 11) is 0. The molecule has 0 radical (unpaired) electrons. The van der Waals surface area contributed by atoms with Crippen LogP contribution >= 0.6 is 22.9 Å². The van der Waals surface area contributed by atoms with E-state index in [-0.39, 0.29) is 17.4 Å². The molecular formula is C16H13ClF2N2O2S. The van der Waals surface area contributed by atoms with E-state index in [1.54, 1.807) is 17.0 Å². The van der Waals surface area contributed by atoms with Crippen LogP contribution in [0.25, 0.3) is 0 Å². The Labute approximate surface area is 146 Å². The summed E-state index contributed by atoms with van der Waals surface area (Å²) in [6, 6.07) is 6.42. The molecule has 2 aromatic rings. The molecule has 2 heterocycles. The SMILES string of the molecule is O=C(c1ccc(F)c(F)c1)N1CCN(C(=O)c2ccc(Cl)s2)CC1. The van der Waals surface area contributed by atoms with E-state index in [9.17, 15) is 18.4 Å². The number of nitrogens with zero attached hydrogens (tertiary/aromatic N) is 2. The summed E-state index contributed by atoms with van der Waals surface area (Å²) in [4.78, 5) is 28.4. The number of amides is 2. The van der Waals surface area contributed by atoms with Gasteiger partial charge in [-0.05, 0) is 30.3 Å². The molecule has 24 heavy (non-hydrogen) atoms. The van der Waals surface area contributed by atoms with Crippen molar-refractivity contribution in [3.05, 3.63) is 56.7 Å². The highest BCUT2D eigenvalue weighted by Crippen LogP contribution is 2.23. The lowest BCUT2D eigenvalue weighted by atomic mass is 10.1. The molecule has 4 nitrogen and oxygen atoms in total. The molecular weight excluding hydrogens is 358 g/mol. The minimum atomic E-state index is -1.05. The minimum Gasteiger partial charge on any atom is -0.335 e. The van der Waals surface area contributed by atoms with E-state index < -0.39 is 11.6 Å². The Morgan fingerprint density at radius 1 is 0.917 bits per heavy atom. The molecule has 0 spiro atoms. The lowest BCUT2D eigenvalue weighted by Gasteiger charge is -2.34. The highest BCUT2D eigenvalue weighted by molar-refractivity contribution is 7.17. The van der Waals surface area contributed by atoms with Crippen molar-refractivity contribution in [1.29, 1.82) is 0 Å². The third-order valence-electron chi connectivity index (χ3n) is 3.80. The van der Waals surface area contributed by atoms with Crippen molar-refractivity contribution in [1.82, 2.24) is 9.80 Å². The first kappa shape index (κ1) is 16.9. The molecule has 1 aliphatic heterocycles. The predicted molar refractivity (Wildman–Crippen MR) is 87.5 cm³/mol. The molecule has 126 valence electrons. The summed E-state index contributed by atoms with van der Waals surface area (Å²) < 4.78 is 26.8. The van der Waals surface area contributed by atoms with Crippen LogP contribution in [0, 0.1) is 11.6 Å². The van der Waals surface area contributed by atoms with Crippen molar-refractivity contribution >= 4 is 34.8 Å². The fourth-order valence-corrected chi connectivity index (χ4v) is 3.52. The van der Waals surface area contributed by atoms with Gasteiger partial charge in [-0.3, -0.25) is 9.59 Å². The number of thiophene rings is 1. The number of carbonyl (C=O) groups is 2. The maximum Gasteiger partial charge on any atom is 0.264 e. The van der Waals surface area contributed by atoms with E-state index in [2.05, 4.69) is 0 Å². The third kappa shape index (κ3) is 3.42. The molecule has 1 fully saturated rings. The lowest BCUT2D eigenvalue weighted by molar-refractivity contribution is 0.0538. The lowest BCUT2D eigenvalue weighted by Crippen LogP contribution is -2.50. The van der Waals surface area contributed by atoms with Crippen LogP contribution in [0.5, 0.6) is 0 Å². The van der Waals surface area contributed by atoms with Gasteiger partial charge in [-0.1, -0.05) is 11.6 Å².